The van der Waals surface area contributed by atoms with E-state index in [2.05, 4.69) is 15.0 Å². The molecule has 0 aliphatic carbocycles. The fourth-order valence-corrected chi connectivity index (χ4v) is 4.50. The normalized spacial score (nSPS) is 15.3. The van der Waals surface area contributed by atoms with Crippen molar-refractivity contribution in [3.8, 4) is 0 Å². The van der Waals surface area contributed by atoms with E-state index in [1.807, 2.05) is 6.92 Å². The zero-order valence-corrected chi connectivity index (χ0v) is 19.3. The summed E-state index contributed by atoms with van der Waals surface area (Å²) in [6.07, 6.45) is -2.79. The zero-order chi connectivity index (χ0) is 23.9. The van der Waals surface area contributed by atoms with Gasteiger partial charge < -0.3 is 0 Å². The van der Waals surface area contributed by atoms with Crippen LogP contribution in [-0.2, 0) is 20.8 Å². The Balaban J connectivity index is 2.04. The van der Waals surface area contributed by atoms with Crippen LogP contribution in [0.5, 0.6) is 0 Å². The first-order chi connectivity index (χ1) is 14.7. The molecule has 2 unspecified atom stereocenters. The van der Waals surface area contributed by atoms with Crippen LogP contribution in [0.4, 0.5) is 13.2 Å². The van der Waals surface area contributed by atoms with Gasteiger partial charge in [-0.15, -0.1) is 0 Å². The van der Waals surface area contributed by atoms with Gasteiger partial charge in [0.25, 0.3) is 10.0 Å². The number of aryl methyl sites for hydroxylation is 1. The van der Waals surface area contributed by atoms with E-state index in [4.69, 9.17) is 0 Å². The Morgan fingerprint density at radius 3 is 2.31 bits per heavy atom. The molecule has 2 heterocycles. The second-order valence-corrected chi connectivity index (χ2v) is 11.9. The van der Waals surface area contributed by atoms with Crippen molar-refractivity contribution >= 4 is 37.5 Å². The van der Waals surface area contributed by atoms with Crippen molar-refractivity contribution in [2.75, 3.05) is 0 Å². The van der Waals surface area contributed by atoms with Crippen molar-refractivity contribution in [2.24, 2.45) is 4.99 Å². The highest BCUT2D eigenvalue weighted by atomic mass is 32.2. The topological polar surface area (TPSA) is 94.3 Å². The number of hydrogen-bond donors (Lipinski definition) is 0. The molecule has 7 nitrogen and oxygen atoms in total. The third-order valence-corrected chi connectivity index (χ3v) is 7.65. The van der Waals surface area contributed by atoms with E-state index in [0.717, 1.165) is 21.3 Å². The lowest BCUT2D eigenvalue weighted by molar-refractivity contribution is -0.149. The zero-order valence-electron chi connectivity index (χ0n) is 17.7. The van der Waals surface area contributed by atoms with E-state index in [9.17, 15) is 25.8 Å². The van der Waals surface area contributed by atoms with Crippen LogP contribution in [0.3, 0.4) is 0 Å². The first kappa shape index (κ1) is 24.1. The molecule has 0 aliphatic rings. The molecule has 12 heteroatoms. The van der Waals surface area contributed by atoms with Crippen LogP contribution >= 0.6 is 0 Å². The molecule has 0 N–H and O–H groups in total. The number of rotatable bonds is 5. The molecule has 2 atom stereocenters. The van der Waals surface area contributed by atoms with Crippen LogP contribution < -0.4 is 0 Å². The van der Waals surface area contributed by atoms with Crippen molar-refractivity contribution in [1.29, 1.82) is 0 Å². The van der Waals surface area contributed by atoms with Gasteiger partial charge in [-0.2, -0.15) is 13.2 Å². The Kier molecular flexibility index (Phi) is 6.31. The molecule has 172 valence electrons. The molecular formula is C20H21F3N4O3S2. The Labute approximate surface area is 185 Å². The average Bonchev–Trinajstić information content (AvgIpc) is 3.10. The minimum atomic E-state index is -4.81. The summed E-state index contributed by atoms with van der Waals surface area (Å²) in [4.78, 5) is 11.4. The van der Waals surface area contributed by atoms with Crippen LogP contribution in [0, 0.1) is 6.92 Å². The summed E-state index contributed by atoms with van der Waals surface area (Å²) in [5.41, 5.74) is 0.948. The van der Waals surface area contributed by atoms with Crippen molar-refractivity contribution in [2.45, 2.75) is 49.6 Å². The van der Waals surface area contributed by atoms with E-state index >= 15 is 0 Å². The first-order valence-corrected chi connectivity index (χ1v) is 12.0. The van der Waals surface area contributed by atoms with E-state index in [1.54, 1.807) is 32.9 Å². The van der Waals surface area contributed by atoms with E-state index in [1.165, 1.54) is 24.4 Å². The molecule has 1 aromatic carbocycles. The lowest BCUT2D eigenvalue weighted by Crippen LogP contribution is -2.25. The van der Waals surface area contributed by atoms with Gasteiger partial charge in [0.1, 0.15) is 5.52 Å². The van der Waals surface area contributed by atoms with E-state index in [0.29, 0.717) is 0 Å². The summed E-state index contributed by atoms with van der Waals surface area (Å²) in [7, 11) is -5.76. The summed E-state index contributed by atoms with van der Waals surface area (Å²) in [6.45, 7) is 6.65. The third-order valence-electron chi connectivity index (χ3n) is 4.45. The smallest absolute Gasteiger partial charge is 0.264 e. The summed E-state index contributed by atoms with van der Waals surface area (Å²) in [6, 6.07) is 5.01. The highest BCUT2D eigenvalue weighted by molar-refractivity contribution is 7.99. The van der Waals surface area contributed by atoms with Gasteiger partial charge >= 0.3 is 6.18 Å². The maximum atomic E-state index is 13.6. The second-order valence-electron chi connectivity index (χ2n) is 8.04. The predicted molar refractivity (Wildman–Crippen MR) is 116 cm³/mol. The van der Waals surface area contributed by atoms with Crippen LogP contribution in [-0.4, -0.2) is 43.0 Å². The number of benzene rings is 1. The molecule has 3 aromatic rings. The minimum Gasteiger partial charge on any atom is -0.264 e. The average molecular weight is 487 g/mol. The van der Waals surface area contributed by atoms with Crippen molar-refractivity contribution < 1.29 is 25.8 Å². The van der Waals surface area contributed by atoms with Gasteiger partial charge in [-0.05, 0) is 45.9 Å². The summed E-state index contributed by atoms with van der Waals surface area (Å²) in [5.74, 6) is 0. The highest BCUT2D eigenvalue weighted by Gasteiger charge is 2.42. The Morgan fingerprint density at radius 1 is 1.12 bits per heavy atom. The molecule has 0 aliphatic heterocycles. The molecule has 0 fully saturated rings. The molecule has 0 spiro atoms. The maximum absolute atomic E-state index is 13.6. The molecule has 0 radical (unpaired) electrons. The molecule has 0 saturated carbocycles. The quantitative estimate of drug-likeness (QED) is 0.399. The van der Waals surface area contributed by atoms with Gasteiger partial charge in [-0.1, -0.05) is 17.7 Å². The monoisotopic (exact) mass is 486 g/mol. The molecule has 0 amide bonds. The largest absolute Gasteiger partial charge is 0.416 e. The Morgan fingerprint density at radius 2 is 1.75 bits per heavy atom. The molecule has 2 aromatic heterocycles. The standard InChI is InChI=1S/C20H21F3N4O3S2/c1-13-5-7-14(8-6-13)32(29,30)27-10-9-15-18(27)24-11-16(26-15)17(20(21,22)23)25-12-31(28)19(2,3)4/h5-12,17H,1-4H3. The first-order valence-electron chi connectivity index (χ1n) is 9.38. The Bertz CT molecular complexity index is 1290. The van der Waals surface area contributed by atoms with Gasteiger partial charge in [-0.25, -0.2) is 22.4 Å². The fraction of sp³-hybridized carbons (Fsp3) is 0.350. The number of halogens is 3. The number of hydrogen-bond acceptors (Lipinski definition) is 6. The van der Waals surface area contributed by atoms with Crippen molar-refractivity contribution in [3.63, 3.8) is 0 Å². The number of aromatic nitrogens is 3. The van der Waals surface area contributed by atoms with Gasteiger partial charge in [0.15, 0.2) is 11.7 Å². The van der Waals surface area contributed by atoms with Gasteiger partial charge in [0.2, 0.25) is 0 Å². The third kappa shape index (κ3) is 4.90. The SMILES string of the molecule is Cc1ccc(S(=O)(=O)n2ccc3nc(C(N=CS(=O)C(C)(C)C)C(F)(F)F)cnc32)cc1. The summed E-state index contributed by atoms with van der Waals surface area (Å²) >= 11 is 0. The van der Waals surface area contributed by atoms with Crippen LogP contribution in [0.1, 0.15) is 38.1 Å². The van der Waals surface area contributed by atoms with Gasteiger partial charge in [0.05, 0.1) is 33.1 Å². The van der Waals surface area contributed by atoms with E-state index in [-0.39, 0.29) is 16.1 Å². The molecule has 32 heavy (non-hydrogen) atoms. The van der Waals surface area contributed by atoms with Gasteiger partial charge in [-0.3, -0.25) is 9.20 Å². The number of aliphatic imine (C=N–C) groups is 1. The van der Waals surface area contributed by atoms with Crippen LogP contribution in [0.15, 0.2) is 52.6 Å². The molecule has 0 bridgehead atoms. The Hall–Kier alpha value is -2.60. The predicted octanol–water partition coefficient (Wildman–Crippen LogP) is 4.16. The van der Waals surface area contributed by atoms with Crippen molar-refractivity contribution in [1.82, 2.24) is 13.9 Å². The van der Waals surface area contributed by atoms with Crippen LogP contribution in [0.2, 0.25) is 0 Å². The molecular weight excluding hydrogens is 465 g/mol. The van der Waals surface area contributed by atoms with E-state index < -0.39 is 43.5 Å². The number of nitrogens with zero attached hydrogens (tertiary/aromatic N) is 4. The molecule has 3 rings (SSSR count). The van der Waals surface area contributed by atoms with Crippen molar-refractivity contribution in [3.05, 3.63) is 54.0 Å². The lowest BCUT2D eigenvalue weighted by atomic mass is 10.2. The minimum absolute atomic E-state index is 0.00824. The fourth-order valence-electron chi connectivity index (χ4n) is 2.65. The summed E-state index contributed by atoms with van der Waals surface area (Å²) in [5, 5.41) is 0. The second kappa shape index (κ2) is 8.39. The molecule has 0 saturated heterocycles. The maximum Gasteiger partial charge on any atom is 0.416 e. The number of fused-ring (bicyclic) bond motifs is 1. The highest BCUT2D eigenvalue weighted by Crippen LogP contribution is 2.35. The van der Waals surface area contributed by atoms with Gasteiger partial charge in [0, 0.05) is 10.9 Å². The lowest BCUT2D eigenvalue weighted by Gasteiger charge is -2.17. The van der Waals surface area contributed by atoms with Crippen LogP contribution in [0.25, 0.3) is 11.2 Å². The summed E-state index contributed by atoms with van der Waals surface area (Å²) < 4.78 is 78.9. The number of alkyl halides is 3.